The second-order valence-electron chi connectivity index (χ2n) is 3.42. The fourth-order valence-corrected chi connectivity index (χ4v) is 1.17. The molecular weight excluding hydrogens is 196 g/mol. The molecule has 1 atom stereocenters. The smallest absolute Gasteiger partial charge is 0.326 e. The second-order valence-corrected chi connectivity index (χ2v) is 3.42. The third-order valence-corrected chi connectivity index (χ3v) is 1.92. The van der Waals surface area contributed by atoms with Crippen LogP contribution in [-0.4, -0.2) is 36.1 Å². The Kier molecular flexibility index (Phi) is 7.62. The van der Waals surface area contributed by atoms with Gasteiger partial charge >= 0.3 is 5.97 Å². The first kappa shape index (κ1) is 13.9. The average Bonchev–Trinajstić information content (AvgIpc) is 2.17. The molecule has 1 amide bonds. The van der Waals surface area contributed by atoms with Gasteiger partial charge in [-0.1, -0.05) is 20.3 Å². The van der Waals surface area contributed by atoms with Crippen molar-refractivity contribution in [3.05, 3.63) is 0 Å². The van der Waals surface area contributed by atoms with Gasteiger partial charge in [-0.25, -0.2) is 4.79 Å². The molecule has 0 aromatic carbocycles. The Morgan fingerprint density at radius 1 is 1.27 bits per heavy atom. The summed E-state index contributed by atoms with van der Waals surface area (Å²) in [5.74, 6) is -1.23. The highest BCUT2D eigenvalue weighted by Gasteiger charge is 2.17. The summed E-state index contributed by atoms with van der Waals surface area (Å²) in [4.78, 5) is 22.0. The monoisotopic (exact) mass is 216 g/mol. The number of nitrogens with one attached hydrogen (secondary N) is 2. The number of amides is 1. The van der Waals surface area contributed by atoms with Gasteiger partial charge in [0.2, 0.25) is 5.91 Å². The van der Waals surface area contributed by atoms with Gasteiger partial charge in [0.1, 0.15) is 6.04 Å². The lowest BCUT2D eigenvalue weighted by Gasteiger charge is -2.13. The van der Waals surface area contributed by atoms with Gasteiger partial charge in [0, 0.05) is 0 Å². The first-order chi connectivity index (χ1) is 7.11. The predicted octanol–water partition coefficient (Wildman–Crippen LogP) is 0.355. The highest BCUT2D eigenvalue weighted by atomic mass is 16.4. The van der Waals surface area contributed by atoms with Crippen LogP contribution < -0.4 is 10.6 Å². The van der Waals surface area contributed by atoms with Crippen molar-refractivity contribution in [1.82, 2.24) is 10.6 Å². The maximum absolute atomic E-state index is 11.3. The molecule has 0 spiro atoms. The lowest BCUT2D eigenvalue weighted by molar-refractivity contribution is -0.141. The molecule has 0 saturated carbocycles. The number of hydrogen-bond acceptors (Lipinski definition) is 3. The molecule has 3 N–H and O–H groups in total. The topological polar surface area (TPSA) is 78.4 Å². The molecule has 0 aromatic rings. The van der Waals surface area contributed by atoms with Crippen molar-refractivity contribution in [3.8, 4) is 0 Å². The second kappa shape index (κ2) is 8.23. The molecule has 0 aliphatic carbocycles. The Labute approximate surface area is 90.2 Å². The van der Waals surface area contributed by atoms with E-state index in [9.17, 15) is 9.59 Å². The maximum atomic E-state index is 11.3. The van der Waals surface area contributed by atoms with E-state index in [0.29, 0.717) is 6.42 Å². The zero-order valence-electron chi connectivity index (χ0n) is 9.38. The third-order valence-electron chi connectivity index (χ3n) is 1.92. The van der Waals surface area contributed by atoms with E-state index in [-0.39, 0.29) is 12.5 Å². The average molecular weight is 216 g/mol. The van der Waals surface area contributed by atoms with Gasteiger partial charge in [-0.15, -0.1) is 0 Å². The van der Waals surface area contributed by atoms with E-state index >= 15 is 0 Å². The van der Waals surface area contributed by atoms with Crippen molar-refractivity contribution in [3.63, 3.8) is 0 Å². The first-order valence-electron chi connectivity index (χ1n) is 5.34. The Balaban J connectivity index is 3.84. The lowest BCUT2D eigenvalue weighted by Crippen LogP contribution is -2.44. The summed E-state index contributed by atoms with van der Waals surface area (Å²) < 4.78 is 0. The Bertz CT molecular complexity index is 207. The number of carbonyl (C=O) groups excluding carboxylic acids is 1. The van der Waals surface area contributed by atoms with Gasteiger partial charge in [-0.2, -0.15) is 0 Å². The Morgan fingerprint density at radius 2 is 1.93 bits per heavy atom. The van der Waals surface area contributed by atoms with E-state index in [4.69, 9.17) is 5.11 Å². The molecule has 0 rings (SSSR count). The summed E-state index contributed by atoms with van der Waals surface area (Å²) in [6.07, 6.45) is 2.15. The van der Waals surface area contributed by atoms with E-state index in [1.807, 2.05) is 13.8 Å². The van der Waals surface area contributed by atoms with Gasteiger partial charge in [0.05, 0.1) is 6.54 Å². The minimum absolute atomic E-state index is 0.182. The number of rotatable bonds is 8. The van der Waals surface area contributed by atoms with E-state index < -0.39 is 12.0 Å². The van der Waals surface area contributed by atoms with Gasteiger partial charge in [0.25, 0.3) is 0 Å². The summed E-state index contributed by atoms with van der Waals surface area (Å²) in [5.41, 5.74) is 0. The molecule has 0 aliphatic rings. The Hall–Kier alpha value is -1.10. The zero-order chi connectivity index (χ0) is 11.7. The molecule has 0 aromatic heterocycles. The number of hydrogen-bond donors (Lipinski definition) is 3. The summed E-state index contributed by atoms with van der Waals surface area (Å²) >= 11 is 0. The van der Waals surface area contributed by atoms with Crippen molar-refractivity contribution in [2.45, 2.75) is 39.2 Å². The molecule has 0 heterocycles. The number of aliphatic carboxylic acids is 1. The quantitative estimate of drug-likeness (QED) is 0.512. The largest absolute Gasteiger partial charge is 0.480 e. The van der Waals surface area contributed by atoms with Crippen molar-refractivity contribution in [2.24, 2.45) is 0 Å². The zero-order valence-corrected chi connectivity index (χ0v) is 9.38. The van der Waals surface area contributed by atoms with Gasteiger partial charge in [-0.05, 0) is 19.4 Å². The maximum Gasteiger partial charge on any atom is 0.326 e. The van der Waals surface area contributed by atoms with Crippen LogP contribution in [0.2, 0.25) is 0 Å². The molecule has 0 radical (unpaired) electrons. The molecule has 0 aliphatic heterocycles. The molecule has 5 heteroatoms. The molecule has 0 saturated heterocycles. The van der Waals surface area contributed by atoms with Gasteiger partial charge in [-0.3, -0.25) is 4.79 Å². The van der Waals surface area contributed by atoms with Crippen LogP contribution in [-0.2, 0) is 9.59 Å². The minimum atomic E-state index is -0.972. The van der Waals surface area contributed by atoms with E-state index in [2.05, 4.69) is 10.6 Å². The van der Waals surface area contributed by atoms with Crippen LogP contribution in [0, 0.1) is 0 Å². The summed E-state index contributed by atoms with van der Waals surface area (Å²) in [6, 6.07) is -0.758. The number of carbonyl (C=O) groups is 2. The highest BCUT2D eigenvalue weighted by molar-refractivity contribution is 5.84. The third kappa shape index (κ3) is 6.90. The fraction of sp³-hybridized carbons (Fsp3) is 0.800. The molecule has 15 heavy (non-hydrogen) atoms. The number of carboxylic acids is 1. The summed E-state index contributed by atoms with van der Waals surface area (Å²) in [7, 11) is 0. The van der Waals surface area contributed by atoms with E-state index in [1.165, 1.54) is 0 Å². The SMILES string of the molecule is CCCNCC(=O)NC(CCC)C(=O)O. The molecule has 88 valence electrons. The van der Waals surface area contributed by atoms with Gasteiger partial charge in [0.15, 0.2) is 0 Å². The molecule has 0 fully saturated rings. The van der Waals surface area contributed by atoms with Crippen LogP contribution in [0.1, 0.15) is 33.1 Å². The Morgan fingerprint density at radius 3 is 2.40 bits per heavy atom. The van der Waals surface area contributed by atoms with Crippen molar-refractivity contribution >= 4 is 11.9 Å². The first-order valence-corrected chi connectivity index (χ1v) is 5.34. The van der Waals surface area contributed by atoms with Crippen LogP contribution in [0.5, 0.6) is 0 Å². The minimum Gasteiger partial charge on any atom is -0.480 e. The highest BCUT2D eigenvalue weighted by Crippen LogP contribution is 1.96. The standard InChI is InChI=1S/C10H20N2O3/c1-3-5-8(10(14)15)12-9(13)7-11-6-4-2/h8,11H,3-7H2,1-2H3,(H,12,13)(H,14,15). The van der Waals surface area contributed by atoms with Crippen LogP contribution in [0.3, 0.4) is 0 Å². The normalized spacial score (nSPS) is 12.1. The van der Waals surface area contributed by atoms with Gasteiger partial charge < -0.3 is 15.7 Å². The van der Waals surface area contributed by atoms with E-state index in [1.54, 1.807) is 0 Å². The number of carboxylic acid groups (broad SMARTS) is 1. The van der Waals surface area contributed by atoms with Crippen molar-refractivity contribution in [2.75, 3.05) is 13.1 Å². The van der Waals surface area contributed by atoms with Crippen LogP contribution in [0.4, 0.5) is 0 Å². The van der Waals surface area contributed by atoms with Crippen LogP contribution in [0.15, 0.2) is 0 Å². The fourth-order valence-electron chi connectivity index (χ4n) is 1.17. The molecule has 1 unspecified atom stereocenters. The van der Waals surface area contributed by atoms with Crippen molar-refractivity contribution < 1.29 is 14.7 Å². The summed E-state index contributed by atoms with van der Waals surface area (Å²) in [6.45, 7) is 4.83. The lowest BCUT2D eigenvalue weighted by atomic mass is 10.1. The van der Waals surface area contributed by atoms with Crippen LogP contribution >= 0.6 is 0 Å². The predicted molar refractivity (Wildman–Crippen MR) is 57.6 cm³/mol. The summed E-state index contributed by atoms with van der Waals surface area (Å²) in [5, 5.41) is 14.2. The molecule has 0 bridgehead atoms. The van der Waals surface area contributed by atoms with Crippen molar-refractivity contribution in [1.29, 1.82) is 0 Å². The molecule has 5 nitrogen and oxygen atoms in total. The van der Waals surface area contributed by atoms with Crippen LogP contribution in [0.25, 0.3) is 0 Å². The van der Waals surface area contributed by atoms with E-state index in [0.717, 1.165) is 19.4 Å². The molecular formula is C10H20N2O3.